The molecule has 0 spiro atoms. The lowest BCUT2D eigenvalue weighted by molar-refractivity contribution is -0.116. The Kier molecular flexibility index (Phi) is 6.18. The van der Waals surface area contributed by atoms with Gasteiger partial charge in [0.25, 0.3) is 5.56 Å². The lowest BCUT2D eigenvalue weighted by Gasteiger charge is -2.13. The maximum Gasteiger partial charge on any atom is 0.338 e. The van der Waals surface area contributed by atoms with Crippen LogP contribution in [0, 0.1) is 0 Å². The summed E-state index contributed by atoms with van der Waals surface area (Å²) in [5, 5.41) is 3.30. The Morgan fingerprint density at radius 1 is 1.25 bits per heavy atom. The summed E-state index contributed by atoms with van der Waals surface area (Å²) in [6.07, 6.45) is 4.10. The monoisotopic (exact) mass is 401 g/mol. The molecule has 1 aromatic carbocycles. The van der Waals surface area contributed by atoms with Crippen LogP contribution in [0.15, 0.2) is 34.2 Å². The van der Waals surface area contributed by atoms with Crippen molar-refractivity contribution in [2.75, 3.05) is 11.6 Å². The summed E-state index contributed by atoms with van der Waals surface area (Å²) in [6, 6.07) is 6.45. The number of carbonyl (C=O) groups is 2. The standard InChI is InChI=1S/C20H23N3O4S/c1-12(2)27-19(26)13-7-9-14(10-8-13)21-17(24)11-23-18(25)15-5-4-6-16(15)22-20(23)28-3/h7-10,12H,4-6,11H2,1-3H3,(H,21,24). The van der Waals surface area contributed by atoms with Crippen LogP contribution in [0.1, 0.15) is 41.9 Å². The van der Waals surface area contributed by atoms with Gasteiger partial charge in [-0.05, 0) is 63.6 Å². The topological polar surface area (TPSA) is 90.3 Å². The van der Waals surface area contributed by atoms with Crippen LogP contribution in [-0.2, 0) is 28.9 Å². The summed E-state index contributed by atoms with van der Waals surface area (Å²) in [7, 11) is 0. The quantitative estimate of drug-likeness (QED) is 0.455. The van der Waals surface area contributed by atoms with E-state index in [0.29, 0.717) is 22.8 Å². The highest BCUT2D eigenvalue weighted by Gasteiger charge is 2.21. The number of thioether (sulfide) groups is 1. The highest BCUT2D eigenvalue weighted by atomic mass is 32.2. The van der Waals surface area contributed by atoms with E-state index in [1.54, 1.807) is 38.1 Å². The fourth-order valence-corrected chi connectivity index (χ4v) is 3.69. The Morgan fingerprint density at radius 3 is 2.61 bits per heavy atom. The normalized spacial score (nSPS) is 12.7. The number of amides is 1. The molecule has 0 radical (unpaired) electrons. The molecule has 7 nitrogen and oxygen atoms in total. The van der Waals surface area contributed by atoms with Crippen LogP contribution in [-0.4, -0.2) is 33.8 Å². The summed E-state index contributed by atoms with van der Waals surface area (Å²) in [4.78, 5) is 41.6. The first kappa shape index (κ1) is 20.1. The van der Waals surface area contributed by atoms with Gasteiger partial charge in [-0.3, -0.25) is 14.2 Å². The molecule has 148 valence electrons. The van der Waals surface area contributed by atoms with Crippen LogP contribution in [0.5, 0.6) is 0 Å². The minimum Gasteiger partial charge on any atom is -0.459 e. The van der Waals surface area contributed by atoms with Gasteiger partial charge in [-0.2, -0.15) is 0 Å². The molecule has 0 bridgehead atoms. The second-order valence-electron chi connectivity index (χ2n) is 6.85. The number of aryl methyl sites for hydroxylation is 1. The van der Waals surface area contributed by atoms with Crippen LogP contribution in [0.25, 0.3) is 0 Å². The van der Waals surface area contributed by atoms with Gasteiger partial charge in [-0.1, -0.05) is 11.8 Å². The van der Waals surface area contributed by atoms with Crippen molar-refractivity contribution in [3.8, 4) is 0 Å². The molecule has 1 amide bonds. The summed E-state index contributed by atoms with van der Waals surface area (Å²) in [5.74, 6) is -0.733. The molecule has 1 aromatic heterocycles. The van der Waals surface area contributed by atoms with E-state index in [9.17, 15) is 14.4 Å². The summed E-state index contributed by atoms with van der Waals surface area (Å²) >= 11 is 1.35. The fourth-order valence-electron chi connectivity index (χ4n) is 3.12. The second kappa shape index (κ2) is 8.60. The van der Waals surface area contributed by atoms with Crippen molar-refractivity contribution >= 4 is 29.3 Å². The van der Waals surface area contributed by atoms with Gasteiger partial charge in [0, 0.05) is 11.3 Å². The summed E-state index contributed by atoms with van der Waals surface area (Å²) in [6.45, 7) is 3.46. The number of rotatable bonds is 6. The number of aromatic nitrogens is 2. The van der Waals surface area contributed by atoms with E-state index in [2.05, 4.69) is 10.3 Å². The van der Waals surface area contributed by atoms with Crippen molar-refractivity contribution < 1.29 is 14.3 Å². The molecule has 3 rings (SSSR count). The zero-order chi connectivity index (χ0) is 20.3. The number of benzene rings is 1. The Hall–Kier alpha value is -2.61. The molecular weight excluding hydrogens is 378 g/mol. The van der Waals surface area contributed by atoms with Gasteiger partial charge in [-0.25, -0.2) is 9.78 Å². The predicted octanol–water partition coefficient (Wildman–Crippen LogP) is 2.66. The van der Waals surface area contributed by atoms with E-state index >= 15 is 0 Å². The van der Waals surface area contributed by atoms with Crippen LogP contribution < -0.4 is 10.9 Å². The minimum atomic E-state index is -0.409. The summed E-state index contributed by atoms with van der Waals surface area (Å²) < 4.78 is 6.57. The Labute approximate surface area is 167 Å². The third-order valence-electron chi connectivity index (χ3n) is 4.38. The Morgan fingerprint density at radius 2 is 1.96 bits per heavy atom. The maximum absolute atomic E-state index is 12.7. The van der Waals surface area contributed by atoms with E-state index in [0.717, 1.165) is 24.1 Å². The SMILES string of the molecule is CSc1nc2c(c(=O)n1CC(=O)Nc1ccc(C(=O)OC(C)C)cc1)CCC2. The molecule has 28 heavy (non-hydrogen) atoms. The number of fused-ring (bicyclic) bond motifs is 1. The van der Waals surface area contributed by atoms with Crippen LogP contribution in [0.2, 0.25) is 0 Å². The first-order chi connectivity index (χ1) is 13.4. The van der Waals surface area contributed by atoms with E-state index in [1.807, 2.05) is 6.26 Å². The fraction of sp³-hybridized carbons (Fsp3) is 0.400. The molecule has 8 heteroatoms. The largest absolute Gasteiger partial charge is 0.459 e. The molecule has 2 aromatic rings. The molecule has 0 atom stereocenters. The zero-order valence-corrected chi connectivity index (χ0v) is 17.0. The maximum atomic E-state index is 12.7. The molecule has 0 fully saturated rings. The molecular formula is C20H23N3O4S. The predicted molar refractivity (Wildman–Crippen MR) is 108 cm³/mol. The number of anilines is 1. The van der Waals surface area contributed by atoms with Crippen LogP contribution in [0.4, 0.5) is 5.69 Å². The number of carbonyl (C=O) groups excluding carboxylic acids is 2. The van der Waals surface area contributed by atoms with Crippen molar-refractivity contribution in [3.63, 3.8) is 0 Å². The van der Waals surface area contributed by atoms with Gasteiger partial charge in [0.15, 0.2) is 5.16 Å². The number of nitrogens with one attached hydrogen (secondary N) is 1. The van der Waals surface area contributed by atoms with E-state index < -0.39 is 5.97 Å². The van der Waals surface area contributed by atoms with Gasteiger partial charge in [0.1, 0.15) is 6.54 Å². The molecule has 1 aliphatic rings. The van der Waals surface area contributed by atoms with E-state index in [-0.39, 0.29) is 24.1 Å². The lowest BCUT2D eigenvalue weighted by Crippen LogP contribution is -2.32. The van der Waals surface area contributed by atoms with Gasteiger partial charge < -0.3 is 10.1 Å². The smallest absolute Gasteiger partial charge is 0.338 e. The number of nitrogens with zero attached hydrogens (tertiary/aromatic N) is 2. The van der Waals surface area contributed by atoms with Crippen molar-refractivity contribution in [2.45, 2.75) is 50.9 Å². The number of hydrogen-bond acceptors (Lipinski definition) is 6. The van der Waals surface area contributed by atoms with E-state index in [1.165, 1.54) is 16.3 Å². The third kappa shape index (κ3) is 4.44. The Balaban J connectivity index is 1.71. The number of hydrogen-bond donors (Lipinski definition) is 1. The Bertz CT molecular complexity index is 951. The van der Waals surface area contributed by atoms with Crippen LogP contribution in [0.3, 0.4) is 0 Å². The van der Waals surface area contributed by atoms with Crippen molar-refractivity contribution in [1.29, 1.82) is 0 Å². The van der Waals surface area contributed by atoms with Gasteiger partial charge in [0.2, 0.25) is 5.91 Å². The van der Waals surface area contributed by atoms with Gasteiger partial charge >= 0.3 is 5.97 Å². The van der Waals surface area contributed by atoms with Gasteiger partial charge in [0.05, 0.1) is 17.4 Å². The van der Waals surface area contributed by atoms with Crippen LogP contribution >= 0.6 is 11.8 Å². The highest BCUT2D eigenvalue weighted by molar-refractivity contribution is 7.98. The molecule has 0 saturated carbocycles. The third-order valence-corrected chi connectivity index (χ3v) is 5.06. The first-order valence-corrected chi connectivity index (χ1v) is 10.4. The minimum absolute atomic E-state index is 0.105. The molecule has 1 aliphatic carbocycles. The lowest BCUT2D eigenvalue weighted by atomic mass is 10.2. The second-order valence-corrected chi connectivity index (χ2v) is 7.62. The molecule has 0 saturated heterocycles. The zero-order valence-electron chi connectivity index (χ0n) is 16.2. The average Bonchev–Trinajstić information content (AvgIpc) is 3.12. The molecule has 0 aliphatic heterocycles. The number of ether oxygens (including phenoxy) is 1. The summed E-state index contributed by atoms with van der Waals surface area (Å²) in [5.41, 5.74) is 2.40. The first-order valence-electron chi connectivity index (χ1n) is 9.16. The van der Waals surface area contributed by atoms with E-state index in [4.69, 9.17) is 4.74 Å². The molecule has 1 N–H and O–H groups in total. The highest BCUT2D eigenvalue weighted by Crippen LogP contribution is 2.20. The molecule has 0 unspecified atom stereocenters. The van der Waals surface area contributed by atoms with Crippen molar-refractivity contribution in [2.24, 2.45) is 0 Å². The number of esters is 1. The van der Waals surface area contributed by atoms with Gasteiger partial charge in [-0.15, -0.1) is 0 Å². The van der Waals surface area contributed by atoms with Crippen molar-refractivity contribution in [1.82, 2.24) is 9.55 Å². The molecule has 1 heterocycles. The average molecular weight is 401 g/mol. The van der Waals surface area contributed by atoms with Crippen molar-refractivity contribution in [3.05, 3.63) is 51.4 Å².